The van der Waals surface area contributed by atoms with Gasteiger partial charge in [-0.05, 0) is 0 Å². The van der Waals surface area contributed by atoms with Gasteiger partial charge >= 0.3 is 0 Å². The van der Waals surface area contributed by atoms with Gasteiger partial charge in [-0.2, -0.15) is 0 Å². The van der Waals surface area contributed by atoms with E-state index in [2.05, 4.69) is 24.1 Å². The Balaban J connectivity index is 2.08. The fraction of sp³-hybridized carbons (Fsp3) is 0.308. The maximum Gasteiger partial charge on any atom is 0.208 e. The number of rotatable bonds is 4. The molecule has 0 spiro atoms. The number of nitrogens with zero attached hydrogens (tertiary/aromatic N) is 1. The molecule has 1 N–H and O–H groups in total. The molecule has 3 heteroatoms. The van der Waals surface area contributed by atoms with Crippen LogP contribution in [0.1, 0.15) is 19.7 Å². The quantitative estimate of drug-likeness (QED) is 0.854. The van der Waals surface area contributed by atoms with Gasteiger partial charge in [-0.3, -0.25) is 0 Å². The van der Waals surface area contributed by atoms with Gasteiger partial charge in [0.05, 0.1) is 12.7 Å². The Bertz CT molecular complexity index is 434. The van der Waals surface area contributed by atoms with Gasteiger partial charge in [-0.1, -0.05) is 44.2 Å². The molecule has 0 saturated carbocycles. The summed E-state index contributed by atoms with van der Waals surface area (Å²) in [6.07, 6.45) is 1.77. The summed E-state index contributed by atoms with van der Waals surface area (Å²) >= 11 is 0. The van der Waals surface area contributed by atoms with Crippen LogP contribution in [0.5, 0.6) is 0 Å². The van der Waals surface area contributed by atoms with E-state index in [9.17, 15) is 0 Å². The van der Waals surface area contributed by atoms with E-state index in [1.165, 1.54) is 0 Å². The first-order chi connectivity index (χ1) is 7.75. The summed E-state index contributed by atoms with van der Waals surface area (Å²) in [5.74, 6) is 1.55. The highest BCUT2D eigenvalue weighted by molar-refractivity contribution is 5.55. The zero-order chi connectivity index (χ0) is 11.4. The molecule has 16 heavy (non-hydrogen) atoms. The van der Waals surface area contributed by atoms with Gasteiger partial charge in [-0.25, -0.2) is 4.98 Å². The van der Waals surface area contributed by atoms with Gasteiger partial charge in [0.2, 0.25) is 5.89 Å². The molecular formula is C13H16N2O. The van der Waals surface area contributed by atoms with Crippen molar-refractivity contribution in [2.45, 2.75) is 26.4 Å². The summed E-state index contributed by atoms with van der Waals surface area (Å²) in [5, 5.41) is 3.27. The molecule has 0 radical (unpaired) electrons. The van der Waals surface area contributed by atoms with Crippen molar-refractivity contribution in [2.24, 2.45) is 0 Å². The normalized spacial score (nSPS) is 10.9. The Morgan fingerprint density at radius 3 is 2.69 bits per heavy atom. The summed E-state index contributed by atoms with van der Waals surface area (Å²) in [7, 11) is 0. The highest BCUT2D eigenvalue weighted by Gasteiger charge is 2.05. The first-order valence-electron chi connectivity index (χ1n) is 5.49. The molecule has 0 aliphatic rings. The van der Waals surface area contributed by atoms with Gasteiger partial charge < -0.3 is 9.73 Å². The van der Waals surface area contributed by atoms with Crippen molar-refractivity contribution in [1.82, 2.24) is 10.3 Å². The third kappa shape index (κ3) is 2.70. The number of benzene rings is 1. The molecule has 0 amide bonds. The molecule has 0 unspecified atom stereocenters. The highest BCUT2D eigenvalue weighted by Crippen LogP contribution is 2.19. The minimum Gasteiger partial charge on any atom is -0.439 e. The van der Waals surface area contributed by atoms with E-state index >= 15 is 0 Å². The van der Waals surface area contributed by atoms with Crippen LogP contribution < -0.4 is 5.32 Å². The van der Waals surface area contributed by atoms with Gasteiger partial charge in [0, 0.05) is 11.6 Å². The van der Waals surface area contributed by atoms with E-state index in [4.69, 9.17) is 4.42 Å². The predicted molar refractivity (Wildman–Crippen MR) is 63.9 cm³/mol. The Kier molecular flexibility index (Phi) is 3.37. The third-order valence-electron chi connectivity index (χ3n) is 2.27. The van der Waals surface area contributed by atoms with Crippen molar-refractivity contribution in [3.8, 4) is 11.3 Å². The molecule has 2 aromatic rings. The smallest absolute Gasteiger partial charge is 0.208 e. The van der Waals surface area contributed by atoms with Crippen molar-refractivity contribution in [1.29, 1.82) is 0 Å². The number of oxazole rings is 1. The third-order valence-corrected chi connectivity index (χ3v) is 2.27. The summed E-state index contributed by atoms with van der Waals surface area (Å²) < 4.78 is 5.65. The Labute approximate surface area is 95.5 Å². The molecule has 0 aliphatic heterocycles. The van der Waals surface area contributed by atoms with Crippen LogP contribution in [0, 0.1) is 0 Å². The first-order valence-corrected chi connectivity index (χ1v) is 5.49. The van der Waals surface area contributed by atoms with Crippen LogP contribution in [-0.2, 0) is 6.54 Å². The van der Waals surface area contributed by atoms with Crippen molar-refractivity contribution in [3.05, 3.63) is 42.4 Å². The molecule has 1 heterocycles. The van der Waals surface area contributed by atoms with E-state index < -0.39 is 0 Å². The molecule has 3 nitrogen and oxygen atoms in total. The lowest BCUT2D eigenvalue weighted by Gasteiger charge is -2.03. The lowest BCUT2D eigenvalue weighted by molar-refractivity contribution is 0.459. The summed E-state index contributed by atoms with van der Waals surface area (Å²) in [6.45, 7) is 4.87. The molecular weight excluding hydrogens is 200 g/mol. The second kappa shape index (κ2) is 4.94. The SMILES string of the molecule is CC(C)NCc1ncc(-c2ccccc2)o1. The first kappa shape index (κ1) is 10.9. The fourth-order valence-corrected chi connectivity index (χ4v) is 1.42. The lowest BCUT2D eigenvalue weighted by Crippen LogP contribution is -2.21. The van der Waals surface area contributed by atoms with Crippen LogP contribution in [0.25, 0.3) is 11.3 Å². The van der Waals surface area contributed by atoms with Crippen molar-refractivity contribution in [3.63, 3.8) is 0 Å². The number of hydrogen-bond donors (Lipinski definition) is 1. The zero-order valence-electron chi connectivity index (χ0n) is 9.60. The maximum absolute atomic E-state index is 5.65. The molecule has 0 atom stereocenters. The minimum absolute atomic E-state index is 0.437. The average Bonchev–Trinajstić information content (AvgIpc) is 2.76. The standard InChI is InChI=1S/C13H16N2O/c1-10(2)14-9-13-15-8-12(16-13)11-6-4-3-5-7-11/h3-8,10,14H,9H2,1-2H3. The zero-order valence-corrected chi connectivity index (χ0v) is 9.60. The molecule has 2 rings (SSSR count). The number of nitrogens with one attached hydrogen (secondary N) is 1. The van der Waals surface area contributed by atoms with E-state index in [1.54, 1.807) is 6.20 Å². The van der Waals surface area contributed by atoms with Crippen LogP contribution in [-0.4, -0.2) is 11.0 Å². The minimum atomic E-state index is 0.437. The molecule has 0 bridgehead atoms. The van der Waals surface area contributed by atoms with Crippen LogP contribution in [0.4, 0.5) is 0 Å². The largest absolute Gasteiger partial charge is 0.439 e. The van der Waals surface area contributed by atoms with Gasteiger partial charge in [0.25, 0.3) is 0 Å². The summed E-state index contributed by atoms with van der Waals surface area (Å²) in [4.78, 5) is 4.24. The molecule has 1 aromatic heterocycles. The average molecular weight is 216 g/mol. The predicted octanol–water partition coefficient (Wildman–Crippen LogP) is 2.84. The molecule has 1 aromatic carbocycles. The van der Waals surface area contributed by atoms with Crippen molar-refractivity contribution >= 4 is 0 Å². The summed E-state index contributed by atoms with van der Waals surface area (Å²) in [6, 6.07) is 10.4. The Morgan fingerprint density at radius 1 is 1.25 bits per heavy atom. The van der Waals surface area contributed by atoms with Gasteiger partial charge in [0.1, 0.15) is 0 Å². The van der Waals surface area contributed by atoms with Gasteiger partial charge in [0.15, 0.2) is 5.76 Å². The van der Waals surface area contributed by atoms with Crippen LogP contribution in [0.15, 0.2) is 40.9 Å². The summed E-state index contributed by atoms with van der Waals surface area (Å²) in [5.41, 5.74) is 1.06. The molecule has 84 valence electrons. The van der Waals surface area contributed by atoms with Crippen LogP contribution >= 0.6 is 0 Å². The van der Waals surface area contributed by atoms with E-state index in [0.717, 1.165) is 17.2 Å². The molecule has 0 fully saturated rings. The second-order valence-corrected chi connectivity index (χ2v) is 4.02. The van der Waals surface area contributed by atoms with Crippen molar-refractivity contribution in [2.75, 3.05) is 0 Å². The molecule has 0 saturated heterocycles. The molecule has 0 aliphatic carbocycles. The maximum atomic E-state index is 5.65. The number of hydrogen-bond acceptors (Lipinski definition) is 3. The fourth-order valence-electron chi connectivity index (χ4n) is 1.42. The highest BCUT2D eigenvalue weighted by atomic mass is 16.4. The number of aromatic nitrogens is 1. The van der Waals surface area contributed by atoms with Crippen molar-refractivity contribution < 1.29 is 4.42 Å². The lowest BCUT2D eigenvalue weighted by atomic mass is 10.2. The second-order valence-electron chi connectivity index (χ2n) is 4.02. The van der Waals surface area contributed by atoms with E-state index in [1.807, 2.05) is 30.3 Å². The van der Waals surface area contributed by atoms with E-state index in [0.29, 0.717) is 12.6 Å². The van der Waals surface area contributed by atoms with E-state index in [-0.39, 0.29) is 0 Å². The monoisotopic (exact) mass is 216 g/mol. The Morgan fingerprint density at radius 2 is 2.00 bits per heavy atom. The topological polar surface area (TPSA) is 38.1 Å². The van der Waals surface area contributed by atoms with Gasteiger partial charge in [-0.15, -0.1) is 0 Å². The Hall–Kier alpha value is -1.61. The van der Waals surface area contributed by atoms with Crippen LogP contribution in [0.2, 0.25) is 0 Å². The van der Waals surface area contributed by atoms with Crippen LogP contribution in [0.3, 0.4) is 0 Å².